The minimum Gasteiger partial charge on any atom is -0.378 e. The maximum atomic E-state index is 13.5. The molecule has 32 heavy (non-hydrogen) atoms. The van der Waals surface area contributed by atoms with E-state index >= 15 is 0 Å². The summed E-state index contributed by atoms with van der Waals surface area (Å²) in [6.45, 7) is 1.38. The fourth-order valence-corrected chi connectivity index (χ4v) is 4.30. The van der Waals surface area contributed by atoms with Crippen LogP contribution in [-0.4, -0.2) is 47.5 Å². The van der Waals surface area contributed by atoms with Gasteiger partial charge in [-0.3, -0.25) is 4.79 Å². The number of halogens is 3. The van der Waals surface area contributed by atoms with Crippen molar-refractivity contribution in [1.29, 1.82) is 0 Å². The van der Waals surface area contributed by atoms with Crippen molar-refractivity contribution in [3.05, 3.63) is 59.9 Å². The highest BCUT2D eigenvalue weighted by molar-refractivity contribution is 5.79. The van der Waals surface area contributed by atoms with Gasteiger partial charge in [-0.25, -0.2) is 4.98 Å². The van der Waals surface area contributed by atoms with Crippen molar-refractivity contribution in [1.82, 2.24) is 14.5 Å². The normalized spacial score (nSPS) is 15.3. The van der Waals surface area contributed by atoms with E-state index in [2.05, 4.69) is 4.98 Å². The maximum absolute atomic E-state index is 13.5. The number of anilines is 1. The zero-order valence-electron chi connectivity index (χ0n) is 18.3. The van der Waals surface area contributed by atoms with E-state index in [4.69, 9.17) is 0 Å². The average Bonchev–Trinajstić information content (AvgIpc) is 3.14. The van der Waals surface area contributed by atoms with E-state index in [-0.39, 0.29) is 18.4 Å². The van der Waals surface area contributed by atoms with Crippen LogP contribution >= 0.6 is 0 Å². The third-order valence-corrected chi connectivity index (χ3v) is 6.12. The van der Waals surface area contributed by atoms with Gasteiger partial charge in [-0.05, 0) is 48.6 Å². The zero-order valence-corrected chi connectivity index (χ0v) is 18.3. The second kappa shape index (κ2) is 8.84. The van der Waals surface area contributed by atoms with Crippen LogP contribution in [0, 0.1) is 5.92 Å². The molecule has 2 heterocycles. The van der Waals surface area contributed by atoms with Crippen LogP contribution in [0.1, 0.15) is 24.2 Å². The molecular formula is C24H27F3N4O. The molecule has 0 spiro atoms. The average molecular weight is 445 g/mol. The van der Waals surface area contributed by atoms with Gasteiger partial charge in [0.25, 0.3) is 0 Å². The van der Waals surface area contributed by atoms with Crippen LogP contribution in [0.4, 0.5) is 18.9 Å². The van der Waals surface area contributed by atoms with Gasteiger partial charge in [0, 0.05) is 39.4 Å². The molecule has 170 valence electrons. The quantitative estimate of drug-likeness (QED) is 0.578. The van der Waals surface area contributed by atoms with Crippen molar-refractivity contribution in [2.24, 2.45) is 5.92 Å². The third kappa shape index (κ3) is 4.74. The van der Waals surface area contributed by atoms with Gasteiger partial charge in [0.15, 0.2) is 0 Å². The fourth-order valence-electron chi connectivity index (χ4n) is 4.30. The van der Waals surface area contributed by atoms with E-state index in [0.29, 0.717) is 43.4 Å². The SMILES string of the molecule is CN(C)c1ccc(CC(=O)N2CCC(Cn3c(C(F)(F)F)nc4ccccc43)CC2)cc1. The number of likely N-dealkylation sites (tertiary alicyclic amines) is 1. The summed E-state index contributed by atoms with van der Waals surface area (Å²) < 4.78 is 41.9. The van der Waals surface area contributed by atoms with E-state index in [0.717, 1.165) is 11.3 Å². The maximum Gasteiger partial charge on any atom is 0.449 e. The van der Waals surface area contributed by atoms with Crippen molar-refractivity contribution in [3.8, 4) is 0 Å². The Bertz CT molecular complexity index is 1080. The Balaban J connectivity index is 1.39. The Labute approximate surface area is 185 Å². The lowest BCUT2D eigenvalue weighted by Gasteiger charge is -2.32. The van der Waals surface area contributed by atoms with Crippen LogP contribution in [0.2, 0.25) is 0 Å². The minimum absolute atomic E-state index is 0.0603. The highest BCUT2D eigenvalue weighted by atomic mass is 19.4. The zero-order chi connectivity index (χ0) is 22.9. The molecule has 1 fully saturated rings. The predicted molar refractivity (Wildman–Crippen MR) is 119 cm³/mol. The van der Waals surface area contributed by atoms with Crippen molar-refractivity contribution in [2.75, 3.05) is 32.1 Å². The van der Waals surface area contributed by atoms with Gasteiger partial charge in [0.05, 0.1) is 17.5 Å². The molecule has 5 nitrogen and oxygen atoms in total. The van der Waals surface area contributed by atoms with Crippen molar-refractivity contribution >= 4 is 22.6 Å². The highest BCUT2D eigenvalue weighted by Gasteiger charge is 2.38. The number of amides is 1. The van der Waals surface area contributed by atoms with Crippen LogP contribution in [0.25, 0.3) is 11.0 Å². The second-order valence-corrected chi connectivity index (χ2v) is 8.59. The molecule has 0 radical (unpaired) electrons. The number of rotatable bonds is 5. The number of piperidine rings is 1. The number of hydrogen-bond donors (Lipinski definition) is 0. The number of hydrogen-bond acceptors (Lipinski definition) is 3. The first-order chi connectivity index (χ1) is 15.2. The van der Waals surface area contributed by atoms with Crippen molar-refractivity contribution < 1.29 is 18.0 Å². The molecule has 4 rings (SSSR count). The number of nitrogens with zero attached hydrogens (tertiary/aromatic N) is 4. The summed E-state index contributed by atoms with van der Waals surface area (Å²) in [5.74, 6) is -0.722. The van der Waals surface area contributed by atoms with Gasteiger partial charge in [-0.1, -0.05) is 24.3 Å². The number of benzene rings is 2. The molecular weight excluding hydrogens is 417 g/mol. The first kappa shape index (κ1) is 22.2. The van der Waals surface area contributed by atoms with Gasteiger partial charge >= 0.3 is 6.18 Å². The Morgan fingerprint density at radius 2 is 1.72 bits per heavy atom. The van der Waals surface area contributed by atoms with Crippen molar-refractivity contribution in [2.45, 2.75) is 32.0 Å². The molecule has 1 aromatic heterocycles. The largest absolute Gasteiger partial charge is 0.449 e. The number of aromatic nitrogens is 2. The van der Waals surface area contributed by atoms with E-state index in [1.54, 1.807) is 24.3 Å². The minimum atomic E-state index is -4.50. The molecule has 0 saturated carbocycles. The van der Waals surface area contributed by atoms with Gasteiger partial charge in [0.1, 0.15) is 0 Å². The first-order valence-corrected chi connectivity index (χ1v) is 10.8. The molecule has 1 aliphatic heterocycles. The summed E-state index contributed by atoms with van der Waals surface area (Å²) in [6.07, 6.45) is -2.81. The number of alkyl halides is 3. The number of carbonyl (C=O) groups excluding carboxylic acids is 1. The van der Waals surface area contributed by atoms with Gasteiger partial charge in [0.2, 0.25) is 11.7 Å². The van der Waals surface area contributed by atoms with E-state index in [1.807, 2.05) is 48.2 Å². The fraction of sp³-hybridized carbons (Fsp3) is 0.417. The molecule has 0 N–H and O–H groups in total. The van der Waals surface area contributed by atoms with E-state index in [9.17, 15) is 18.0 Å². The molecule has 1 amide bonds. The molecule has 0 unspecified atom stereocenters. The first-order valence-electron chi connectivity index (χ1n) is 10.8. The summed E-state index contributed by atoms with van der Waals surface area (Å²) in [4.78, 5) is 20.4. The van der Waals surface area contributed by atoms with E-state index in [1.165, 1.54) is 4.57 Å². The Morgan fingerprint density at radius 1 is 1.06 bits per heavy atom. The molecule has 1 aliphatic rings. The van der Waals surface area contributed by atoms with Crippen molar-refractivity contribution in [3.63, 3.8) is 0 Å². The van der Waals surface area contributed by atoms with Gasteiger partial charge in [-0.2, -0.15) is 13.2 Å². The molecule has 0 bridgehead atoms. The van der Waals surface area contributed by atoms with Crippen LogP contribution < -0.4 is 4.90 Å². The Kier molecular flexibility index (Phi) is 6.13. The van der Waals surface area contributed by atoms with E-state index < -0.39 is 12.0 Å². The van der Waals surface area contributed by atoms with Gasteiger partial charge < -0.3 is 14.4 Å². The van der Waals surface area contributed by atoms with Crippen LogP contribution in [-0.2, 0) is 23.9 Å². The summed E-state index contributed by atoms with van der Waals surface area (Å²) in [7, 11) is 3.93. The summed E-state index contributed by atoms with van der Waals surface area (Å²) in [6, 6.07) is 14.6. The second-order valence-electron chi connectivity index (χ2n) is 8.59. The van der Waals surface area contributed by atoms with Crippen LogP contribution in [0.3, 0.4) is 0 Å². The molecule has 1 saturated heterocycles. The standard InChI is InChI=1S/C24H27F3N4O/c1-29(2)19-9-7-17(8-10-19)15-22(32)30-13-11-18(12-14-30)16-31-21-6-4-3-5-20(21)28-23(31)24(25,26)27/h3-10,18H,11-16H2,1-2H3. The summed E-state index contributed by atoms with van der Waals surface area (Å²) >= 11 is 0. The lowest BCUT2D eigenvalue weighted by molar-refractivity contribution is -0.147. The molecule has 2 aromatic carbocycles. The topological polar surface area (TPSA) is 41.4 Å². The number of para-hydroxylation sites is 2. The predicted octanol–water partition coefficient (Wildman–Crippen LogP) is 4.60. The summed E-state index contributed by atoms with van der Waals surface area (Å²) in [5, 5.41) is 0. The third-order valence-electron chi connectivity index (χ3n) is 6.12. The number of imidazole rings is 1. The van der Waals surface area contributed by atoms with Crippen LogP contribution in [0.15, 0.2) is 48.5 Å². The molecule has 8 heteroatoms. The van der Waals surface area contributed by atoms with Crippen LogP contribution in [0.5, 0.6) is 0 Å². The lowest BCUT2D eigenvalue weighted by atomic mass is 9.96. The smallest absolute Gasteiger partial charge is 0.378 e. The highest BCUT2D eigenvalue weighted by Crippen LogP contribution is 2.33. The Morgan fingerprint density at radius 3 is 2.34 bits per heavy atom. The molecule has 0 aliphatic carbocycles. The molecule has 0 atom stereocenters. The lowest BCUT2D eigenvalue weighted by Crippen LogP contribution is -2.40. The monoisotopic (exact) mass is 444 g/mol. The molecule has 3 aromatic rings. The van der Waals surface area contributed by atoms with Gasteiger partial charge in [-0.15, -0.1) is 0 Å². The number of fused-ring (bicyclic) bond motifs is 1. The number of carbonyl (C=O) groups is 1. The Hall–Kier alpha value is -3.03. The summed E-state index contributed by atoms with van der Waals surface area (Å²) in [5.41, 5.74) is 2.89.